The van der Waals surface area contributed by atoms with Crippen LogP contribution >= 0.6 is 0 Å². The molecule has 1 aliphatic rings. The highest BCUT2D eigenvalue weighted by atomic mass is 19.1. The number of esters is 1. The number of aryl methyl sites for hydroxylation is 1. The van der Waals surface area contributed by atoms with Crippen molar-refractivity contribution >= 4 is 17.7 Å². The normalized spacial score (nSPS) is 17.7. The molecule has 0 spiro atoms. The average Bonchev–Trinajstić information content (AvgIpc) is 2.83. The number of ether oxygens (including phenoxy) is 2. The predicted octanol–water partition coefficient (Wildman–Crippen LogP) is 5.66. The number of carbonyl (C=O) groups excluding carboxylic acids is 1. The lowest BCUT2D eigenvalue weighted by atomic mass is 9.76. The van der Waals surface area contributed by atoms with Crippen LogP contribution < -0.4 is 9.64 Å². The van der Waals surface area contributed by atoms with E-state index < -0.39 is 5.54 Å². The molecular weight excluding hydrogens is 417 g/mol. The van der Waals surface area contributed by atoms with Crippen LogP contribution in [0.1, 0.15) is 34.7 Å². The molecular formula is C28H28FNO3. The van der Waals surface area contributed by atoms with Gasteiger partial charge >= 0.3 is 5.97 Å². The number of nitrogens with zero attached hydrogens (tertiary/aromatic N) is 1. The summed E-state index contributed by atoms with van der Waals surface area (Å²) in [6.45, 7) is 5.02. The van der Waals surface area contributed by atoms with E-state index in [-0.39, 0.29) is 11.8 Å². The van der Waals surface area contributed by atoms with Gasteiger partial charge in [-0.15, -0.1) is 0 Å². The third kappa shape index (κ3) is 4.23. The lowest BCUT2D eigenvalue weighted by molar-refractivity contribution is -0.134. The number of benzene rings is 3. The zero-order valence-electron chi connectivity index (χ0n) is 19.4. The number of rotatable bonds is 5. The third-order valence-electron chi connectivity index (χ3n) is 6.55. The van der Waals surface area contributed by atoms with Gasteiger partial charge in [-0.1, -0.05) is 24.3 Å². The standard InChI is InChI=1S/C28H28FNO3/c1-19-17-22(7-5-20(19)6-14-27(31)33-4)28(2)26-13-12-25(32-3)18-21(26)15-16-30(28)24-10-8-23(29)9-11-24/h5-14,17-18H,15-16H2,1-4H3. The molecule has 0 aliphatic carbocycles. The van der Waals surface area contributed by atoms with Crippen molar-refractivity contribution in [1.82, 2.24) is 0 Å². The van der Waals surface area contributed by atoms with Gasteiger partial charge in [0, 0.05) is 18.3 Å². The highest BCUT2D eigenvalue weighted by Crippen LogP contribution is 2.44. The number of carbonyl (C=O) groups is 1. The van der Waals surface area contributed by atoms with E-state index in [9.17, 15) is 9.18 Å². The van der Waals surface area contributed by atoms with Gasteiger partial charge in [-0.05, 0) is 90.6 Å². The highest BCUT2D eigenvalue weighted by molar-refractivity contribution is 5.87. The molecule has 4 rings (SSSR count). The zero-order valence-corrected chi connectivity index (χ0v) is 19.4. The van der Waals surface area contributed by atoms with Gasteiger partial charge in [0.1, 0.15) is 11.6 Å². The second kappa shape index (κ2) is 9.10. The van der Waals surface area contributed by atoms with Crippen LogP contribution in [0.25, 0.3) is 6.08 Å². The Morgan fingerprint density at radius 1 is 1.06 bits per heavy atom. The van der Waals surface area contributed by atoms with E-state index >= 15 is 0 Å². The van der Waals surface area contributed by atoms with E-state index in [1.165, 1.54) is 36.4 Å². The Morgan fingerprint density at radius 2 is 1.82 bits per heavy atom. The first kappa shape index (κ1) is 22.6. The Hall–Kier alpha value is -3.60. The van der Waals surface area contributed by atoms with Crippen molar-refractivity contribution in [2.45, 2.75) is 25.8 Å². The lowest BCUT2D eigenvalue weighted by Gasteiger charge is -2.48. The summed E-state index contributed by atoms with van der Waals surface area (Å²) in [5.74, 6) is 0.203. The Balaban J connectivity index is 1.85. The molecule has 0 fully saturated rings. The van der Waals surface area contributed by atoms with E-state index in [4.69, 9.17) is 9.47 Å². The summed E-state index contributed by atoms with van der Waals surface area (Å²) < 4.78 is 23.8. The molecule has 0 radical (unpaired) electrons. The number of halogens is 1. The van der Waals surface area contributed by atoms with Crippen LogP contribution in [0.5, 0.6) is 5.75 Å². The number of hydrogen-bond acceptors (Lipinski definition) is 4. The Kier molecular flexibility index (Phi) is 6.23. The van der Waals surface area contributed by atoms with E-state index in [2.05, 4.69) is 36.1 Å². The number of hydrogen-bond donors (Lipinski definition) is 0. The van der Waals surface area contributed by atoms with Crippen LogP contribution in [0.2, 0.25) is 0 Å². The van der Waals surface area contributed by atoms with Gasteiger partial charge in [-0.2, -0.15) is 0 Å². The van der Waals surface area contributed by atoms with Crippen molar-refractivity contribution in [3.8, 4) is 5.75 Å². The van der Waals surface area contributed by atoms with Crippen LogP contribution in [-0.4, -0.2) is 26.7 Å². The minimum absolute atomic E-state index is 0.250. The molecule has 33 heavy (non-hydrogen) atoms. The van der Waals surface area contributed by atoms with Crippen molar-refractivity contribution in [1.29, 1.82) is 0 Å². The molecule has 1 unspecified atom stereocenters. The second-order valence-electron chi connectivity index (χ2n) is 8.40. The van der Waals surface area contributed by atoms with Crippen molar-refractivity contribution < 1.29 is 18.7 Å². The molecule has 170 valence electrons. The molecule has 1 heterocycles. The monoisotopic (exact) mass is 445 g/mol. The molecule has 3 aromatic rings. The average molecular weight is 446 g/mol. The van der Waals surface area contributed by atoms with Crippen LogP contribution in [0.4, 0.5) is 10.1 Å². The molecule has 0 amide bonds. The molecule has 1 atom stereocenters. The van der Waals surface area contributed by atoms with Gasteiger partial charge in [0.05, 0.1) is 19.8 Å². The summed E-state index contributed by atoms with van der Waals surface area (Å²) >= 11 is 0. The number of methoxy groups -OCH3 is 2. The minimum atomic E-state index is -0.479. The summed E-state index contributed by atoms with van der Waals surface area (Å²) in [5.41, 5.74) is 6.03. The lowest BCUT2D eigenvalue weighted by Crippen LogP contribution is -2.49. The van der Waals surface area contributed by atoms with Crippen LogP contribution in [0, 0.1) is 12.7 Å². The van der Waals surface area contributed by atoms with Gasteiger partial charge < -0.3 is 14.4 Å². The molecule has 0 bridgehead atoms. The Bertz CT molecular complexity index is 1200. The summed E-state index contributed by atoms with van der Waals surface area (Å²) in [4.78, 5) is 13.9. The van der Waals surface area contributed by atoms with E-state index in [1.54, 1.807) is 13.2 Å². The maximum absolute atomic E-state index is 13.7. The van der Waals surface area contributed by atoms with Crippen LogP contribution in [-0.2, 0) is 21.5 Å². The summed E-state index contributed by atoms with van der Waals surface area (Å²) in [5, 5.41) is 0. The molecule has 5 heteroatoms. The maximum Gasteiger partial charge on any atom is 0.330 e. The van der Waals surface area contributed by atoms with Gasteiger partial charge in [-0.3, -0.25) is 0 Å². The van der Waals surface area contributed by atoms with Gasteiger partial charge in [0.25, 0.3) is 0 Å². The first-order valence-corrected chi connectivity index (χ1v) is 10.9. The van der Waals surface area contributed by atoms with E-state index in [0.717, 1.165) is 41.1 Å². The van der Waals surface area contributed by atoms with Crippen molar-refractivity contribution in [3.63, 3.8) is 0 Å². The molecule has 4 nitrogen and oxygen atoms in total. The summed E-state index contributed by atoms with van der Waals surface area (Å²) in [6, 6.07) is 19.2. The number of anilines is 1. The van der Waals surface area contributed by atoms with E-state index in [1.807, 2.05) is 31.2 Å². The molecule has 0 saturated carbocycles. The van der Waals surface area contributed by atoms with Gasteiger partial charge in [-0.25, -0.2) is 9.18 Å². The van der Waals surface area contributed by atoms with E-state index in [0.29, 0.717) is 0 Å². The van der Waals surface area contributed by atoms with Crippen LogP contribution in [0.15, 0.2) is 66.7 Å². The number of fused-ring (bicyclic) bond motifs is 1. The molecule has 1 aliphatic heterocycles. The quantitative estimate of drug-likeness (QED) is 0.376. The fraction of sp³-hybridized carbons (Fsp3) is 0.250. The zero-order chi connectivity index (χ0) is 23.6. The summed E-state index contributed by atoms with van der Waals surface area (Å²) in [7, 11) is 3.04. The third-order valence-corrected chi connectivity index (χ3v) is 6.55. The molecule has 0 N–H and O–H groups in total. The molecule has 3 aromatic carbocycles. The first-order chi connectivity index (χ1) is 15.9. The highest BCUT2D eigenvalue weighted by Gasteiger charge is 2.40. The largest absolute Gasteiger partial charge is 0.497 e. The van der Waals surface area contributed by atoms with Gasteiger partial charge in [0.2, 0.25) is 0 Å². The Morgan fingerprint density at radius 3 is 2.48 bits per heavy atom. The SMILES string of the molecule is COC(=O)C=Cc1ccc(C2(C)c3ccc(OC)cc3CCN2c2ccc(F)cc2)cc1C. The van der Waals surface area contributed by atoms with Crippen molar-refractivity contribution in [3.05, 3.63) is 100 Å². The second-order valence-corrected chi connectivity index (χ2v) is 8.40. The predicted molar refractivity (Wildman–Crippen MR) is 129 cm³/mol. The summed E-state index contributed by atoms with van der Waals surface area (Å²) in [6.07, 6.45) is 4.06. The first-order valence-electron chi connectivity index (χ1n) is 10.9. The fourth-order valence-electron chi connectivity index (χ4n) is 4.69. The van der Waals surface area contributed by atoms with Crippen LogP contribution in [0.3, 0.4) is 0 Å². The maximum atomic E-state index is 13.7. The van der Waals surface area contributed by atoms with Crippen molar-refractivity contribution in [2.24, 2.45) is 0 Å². The molecule has 0 saturated heterocycles. The Labute approximate surface area is 194 Å². The molecule has 0 aromatic heterocycles. The van der Waals surface area contributed by atoms with Crippen molar-refractivity contribution in [2.75, 3.05) is 25.7 Å². The minimum Gasteiger partial charge on any atom is -0.497 e. The fourth-order valence-corrected chi connectivity index (χ4v) is 4.69. The van der Waals surface area contributed by atoms with Gasteiger partial charge in [0.15, 0.2) is 0 Å². The smallest absolute Gasteiger partial charge is 0.330 e. The topological polar surface area (TPSA) is 38.8 Å².